The van der Waals surface area contributed by atoms with Gasteiger partial charge in [0.2, 0.25) is 5.76 Å². The first kappa shape index (κ1) is 13.3. The van der Waals surface area contributed by atoms with Gasteiger partial charge in [-0.05, 0) is 47.2 Å². The predicted octanol–water partition coefficient (Wildman–Crippen LogP) is 3.20. The van der Waals surface area contributed by atoms with Crippen LogP contribution in [0.4, 0.5) is 0 Å². The fraction of sp³-hybridized carbons (Fsp3) is 0.250. The summed E-state index contributed by atoms with van der Waals surface area (Å²) in [6.07, 6.45) is 0. The second-order valence-electron chi connectivity index (χ2n) is 3.56. The van der Waals surface area contributed by atoms with Gasteiger partial charge in [-0.3, -0.25) is 0 Å². The van der Waals surface area contributed by atoms with E-state index in [0.717, 1.165) is 8.66 Å². The van der Waals surface area contributed by atoms with Gasteiger partial charge in [-0.25, -0.2) is 4.79 Å². The highest BCUT2D eigenvalue weighted by Gasteiger charge is 2.20. The quantitative estimate of drug-likeness (QED) is 0.875. The summed E-state index contributed by atoms with van der Waals surface area (Å²) in [4.78, 5) is 12.4. The van der Waals surface area contributed by atoms with E-state index in [2.05, 4.69) is 26.0 Å². The maximum absolute atomic E-state index is 11.3. The first-order chi connectivity index (χ1) is 8.65. The molecule has 96 valence electrons. The summed E-state index contributed by atoms with van der Waals surface area (Å²) < 4.78 is 11.2. The highest BCUT2D eigenvalue weighted by molar-refractivity contribution is 9.11. The maximum Gasteiger partial charge on any atom is 0.373 e. The Hall–Kier alpha value is -1.11. The molecule has 0 radical (unpaired) electrons. The lowest BCUT2D eigenvalue weighted by Crippen LogP contribution is -2.15. The Labute approximate surface area is 117 Å². The van der Waals surface area contributed by atoms with Crippen LogP contribution in [0.5, 0.6) is 0 Å². The van der Waals surface area contributed by atoms with Crippen LogP contribution in [0.15, 0.2) is 32.5 Å². The van der Waals surface area contributed by atoms with Crippen molar-refractivity contribution in [1.82, 2.24) is 5.32 Å². The third-order valence-corrected chi connectivity index (χ3v) is 4.15. The van der Waals surface area contributed by atoms with Gasteiger partial charge < -0.3 is 14.5 Å². The average molecular weight is 330 g/mol. The van der Waals surface area contributed by atoms with Crippen molar-refractivity contribution in [2.24, 2.45) is 0 Å². The molecule has 0 aliphatic heterocycles. The Kier molecular flexibility index (Phi) is 4.21. The fourth-order valence-corrected chi connectivity index (χ4v) is 3.17. The molecule has 0 aromatic carbocycles. The van der Waals surface area contributed by atoms with Crippen LogP contribution in [0.1, 0.15) is 27.2 Å². The van der Waals surface area contributed by atoms with Gasteiger partial charge in [0, 0.05) is 4.88 Å². The number of hydrogen-bond acceptors (Lipinski definition) is 5. The minimum absolute atomic E-state index is 0.0697. The molecule has 0 bridgehead atoms. The standard InChI is InChI=1S/C12H12BrNO3S/c1-14-11(9-5-6-10(13)18-9)7-3-4-8(17-7)12(15)16-2/h3-6,11,14H,1-2H3. The van der Waals surface area contributed by atoms with Gasteiger partial charge in [-0.1, -0.05) is 0 Å². The third kappa shape index (κ3) is 2.66. The first-order valence-corrected chi connectivity index (χ1v) is 6.87. The molecule has 0 spiro atoms. The topological polar surface area (TPSA) is 51.5 Å². The number of furan rings is 1. The zero-order chi connectivity index (χ0) is 13.1. The van der Waals surface area contributed by atoms with E-state index < -0.39 is 5.97 Å². The van der Waals surface area contributed by atoms with Crippen molar-refractivity contribution in [3.8, 4) is 0 Å². The molecule has 18 heavy (non-hydrogen) atoms. The smallest absolute Gasteiger partial charge is 0.373 e. The zero-order valence-electron chi connectivity index (χ0n) is 9.90. The van der Waals surface area contributed by atoms with Crippen LogP contribution in [0.3, 0.4) is 0 Å². The van der Waals surface area contributed by atoms with Crippen LogP contribution in [-0.2, 0) is 4.74 Å². The van der Waals surface area contributed by atoms with Gasteiger partial charge >= 0.3 is 5.97 Å². The van der Waals surface area contributed by atoms with E-state index in [0.29, 0.717) is 5.76 Å². The number of halogens is 1. The Bertz CT molecular complexity index is 549. The number of nitrogens with one attached hydrogen (secondary N) is 1. The van der Waals surface area contributed by atoms with E-state index in [9.17, 15) is 4.79 Å². The molecule has 1 unspecified atom stereocenters. The highest BCUT2D eigenvalue weighted by atomic mass is 79.9. The van der Waals surface area contributed by atoms with Gasteiger partial charge in [0.1, 0.15) is 11.8 Å². The molecule has 0 saturated heterocycles. The number of carbonyl (C=O) groups is 1. The second-order valence-corrected chi connectivity index (χ2v) is 6.05. The molecule has 1 atom stereocenters. The summed E-state index contributed by atoms with van der Waals surface area (Å²) in [6, 6.07) is 7.32. The normalized spacial score (nSPS) is 12.4. The monoisotopic (exact) mass is 329 g/mol. The predicted molar refractivity (Wildman–Crippen MR) is 73.0 cm³/mol. The average Bonchev–Trinajstić information content (AvgIpc) is 2.99. The van der Waals surface area contributed by atoms with Crippen LogP contribution in [0.25, 0.3) is 0 Å². The molecule has 0 aliphatic carbocycles. The van der Waals surface area contributed by atoms with Crippen molar-refractivity contribution in [2.75, 3.05) is 14.2 Å². The van der Waals surface area contributed by atoms with E-state index in [-0.39, 0.29) is 11.8 Å². The summed E-state index contributed by atoms with van der Waals surface area (Å²) in [7, 11) is 3.18. The lowest BCUT2D eigenvalue weighted by atomic mass is 10.2. The van der Waals surface area contributed by atoms with Crippen molar-refractivity contribution < 1.29 is 13.9 Å². The highest BCUT2D eigenvalue weighted by Crippen LogP contribution is 2.31. The summed E-state index contributed by atoms with van der Waals surface area (Å²) >= 11 is 5.04. The van der Waals surface area contributed by atoms with Crippen LogP contribution < -0.4 is 5.32 Å². The molecule has 2 aromatic heterocycles. The summed E-state index contributed by atoms with van der Waals surface area (Å²) in [5.41, 5.74) is 0. The number of esters is 1. The van der Waals surface area contributed by atoms with Gasteiger partial charge in [0.05, 0.1) is 10.9 Å². The lowest BCUT2D eigenvalue weighted by Gasteiger charge is -2.11. The minimum Gasteiger partial charge on any atom is -0.463 e. The van der Waals surface area contributed by atoms with Crippen LogP contribution in [0.2, 0.25) is 0 Å². The number of carbonyl (C=O) groups excluding carboxylic acids is 1. The van der Waals surface area contributed by atoms with Crippen molar-refractivity contribution >= 4 is 33.2 Å². The van der Waals surface area contributed by atoms with Crippen LogP contribution in [0, 0.1) is 0 Å². The van der Waals surface area contributed by atoms with Gasteiger partial charge in [-0.15, -0.1) is 11.3 Å². The van der Waals surface area contributed by atoms with Crippen LogP contribution in [-0.4, -0.2) is 20.1 Å². The largest absolute Gasteiger partial charge is 0.463 e. The molecular formula is C12H12BrNO3S. The van der Waals surface area contributed by atoms with Gasteiger partial charge in [0.15, 0.2) is 0 Å². The van der Waals surface area contributed by atoms with Gasteiger partial charge in [0.25, 0.3) is 0 Å². The number of methoxy groups -OCH3 is 1. The number of thiophene rings is 1. The first-order valence-electron chi connectivity index (χ1n) is 5.26. The molecule has 1 N–H and O–H groups in total. The lowest BCUT2D eigenvalue weighted by molar-refractivity contribution is 0.0562. The summed E-state index contributed by atoms with van der Waals surface area (Å²) in [5.74, 6) is 0.430. The number of rotatable bonds is 4. The molecule has 0 amide bonds. The molecule has 2 rings (SSSR count). The molecule has 2 aromatic rings. The second kappa shape index (κ2) is 5.69. The van der Waals surface area contributed by atoms with Crippen molar-refractivity contribution in [1.29, 1.82) is 0 Å². The van der Waals surface area contributed by atoms with Gasteiger partial charge in [-0.2, -0.15) is 0 Å². The van der Waals surface area contributed by atoms with E-state index in [1.165, 1.54) is 7.11 Å². The minimum atomic E-state index is -0.469. The van der Waals surface area contributed by atoms with Crippen molar-refractivity contribution in [3.63, 3.8) is 0 Å². The maximum atomic E-state index is 11.3. The van der Waals surface area contributed by atoms with Crippen molar-refractivity contribution in [3.05, 3.63) is 44.4 Å². The molecule has 0 saturated carbocycles. The number of ether oxygens (including phenoxy) is 1. The number of hydrogen-bond donors (Lipinski definition) is 1. The summed E-state index contributed by atoms with van der Waals surface area (Å²) in [5, 5.41) is 3.16. The van der Waals surface area contributed by atoms with E-state index in [4.69, 9.17) is 4.42 Å². The van der Waals surface area contributed by atoms with E-state index in [1.54, 1.807) is 23.5 Å². The molecule has 6 heteroatoms. The molecule has 2 heterocycles. The third-order valence-electron chi connectivity index (χ3n) is 2.47. The van der Waals surface area contributed by atoms with E-state index in [1.807, 2.05) is 19.2 Å². The molecule has 0 aliphatic rings. The Morgan fingerprint density at radius 2 is 2.22 bits per heavy atom. The fourth-order valence-electron chi connectivity index (χ4n) is 1.63. The SMILES string of the molecule is CNC(c1ccc(C(=O)OC)o1)c1ccc(Br)s1. The summed E-state index contributed by atoms with van der Waals surface area (Å²) in [6.45, 7) is 0. The molecule has 4 nitrogen and oxygen atoms in total. The Balaban J connectivity index is 2.28. The van der Waals surface area contributed by atoms with Crippen molar-refractivity contribution in [2.45, 2.75) is 6.04 Å². The van der Waals surface area contributed by atoms with Crippen LogP contribution >= 0.6 is 27.3 Å². The van der Waals surface area contributed by atoms with E-state index >= 15 is 0 Å². The Morgan fingerprint density at radius 1 is 1.44 bits per heavy atom. The molecular weight excluding hydrogens is 318 g/mol. The molecule has 0 fully saturated rings. The zero-order valence-corrected chi connectivity index (χ0v) is 12.3. The Morgan fingerprint density at radius 3 is 2.78 bits per heavy atom.